The predicted octanol–water partition coefficient (Wildman–Crippen LogP) is 7.09. The summed E-state index contributed by atoms with van der Waals surface area (Å²) in [6.07, 6.45) is 9.08. The van der Waals surface area contributed by atoms with Crippen LogP contribution in [0.1, 0.15) is 17.0 Å². The number of allylic oxidation sites excluding steroid dienone is 2. The van der Waals surface area contributed by atoms with Gasteiger partial charge in [0, 0.05) is 37.5 Å². The lowest BCUT2D eigenvalue weighted by Gasteiger charge is -2.28. The van der Waals surface area contributed by atoms with Crippen LogP contribution in [-0.4, -0.2) is 6.04 Å². The lowest BCUT2D eigenvalue weighted by atomic mass is 9.90. The van der Waals surface area contributed by atoms with Crippen LogP contribution >= 0.6 is 11.3 Å². The first kappa shape index (κ1) is 15.2. The number of rotatable bonds is 1. The quantitative estimate of drug-likeness (QED) is 0.348. The minimum atomic E-state index is 0.358. The van der Waals surface area contributed by atoms with Crippen LogP contribution in [0.4, 0.5) is 11.4 Å². The third-order valence-corrected chi connectivity index (χ3v) is 6.96. The van der Waals surface area contributed by atoms with E-state index in [0.29, 0.717) is 12.0 Å². The van der Waals surface area contributed by atoms with Crippen LogP contribution in [0.3, 0.4) is 0 Å². The molecule has 1 nitrogen and oxygen atoms in total. The second-order valence-corrected chi connectivity index (χ2v) is 8.58. The van der Waals surface area contributed by atoms with Crippen LogP contribution in [0, 0.1) is 6.92 Å². The van der Waals surface area contributed by atoms with E-state index >= 15 is 0 Å². The fourth-order valence-electron chi connectivity index (χ4n) is 4.61. The first-order chi connectivity index (χ1) is 13.3. The molecule has 0 amide bonds. The topological polar surface area (TPSA) is 3.24 Å². The van der Waals surface area contributed by atoms with E-state index in [0.717, 1.165) is 0 Å². The summed E-state index contributed by atoms with van der Waals surface area (Å²) < 4.78 is 2.75. The summed E-state index contributed by atoms with van der Waals surface area (Å²) in [6, 6.07) is 22.8. The standard InChI is InChI=1S/C25H19NS/c1-16-11-12-24-20(13-16)21-14-19-18-9-5-6-10-22(18)26(17-7-3-2-4-8-17)23(19)15-25(21)27-24/h2-15,18,22H,1H3. The number of para-hydroxylation sites is 1. The van der Waals surface area contributed by atoms with Gasteiger partial charge in [-0.15, -0.1) is 11.3 Å². The molecule has 0 radical (unpaired) electrons. The molecule has 1 aliphatic carbocycles. The fourth-order valence-corrected chi connectivity index (χ4v) is 5.71. The SMILES string of the molecule is Cc1ccc2sc3cc4c(cc3c2c1)C1C=CC=CC1N4c1ccccc1. The van der Waals surface area contributed by atoms with E-state index in [-0.39, 0.29) is 0 Å². The molecule has 6 rings (SSSR count). The van der Waals surface area contributed by atoms with Gasteiger partial charge in [-0.05, 0) is 48.9 Å². The van der Waals surface area contributed by atoms with Crippen molar-refractivity contribution < 1.29 is 0 Å². The molecule has 0 N–H and O–H groups in total. The highest BCUT2D eigenvalue weighted by molar-refractivity contribution is 7.25. The summed E-state index contributed by atoms with van der Waals surface area (Å²) in [6.45, 7) is 2.18. The third-order valence-electron chi connectivity index (χ3n) is 5.83. The van der Waals surface area contributed by atoms with Crippen LogP contribution in [0.25, 0.3) is 20.2 Å². The minimum Gasteiger partial charge on any atom is -0.333 e. The zero-order valence-electron chi connectivity index (χ0n) is 15.1. The van der Waals surface area contributed by atoms with E-state index in [1.165, 1.54) is 42.7 Å². The number of hydrogen-bond donors (Lipinski definition) is 0. The highest BCUT2D eigenvalue weighted by atomic mass is 32.1. The molecule has 2 heteroatoms. The number of thiophene rings is 1. The molecule has 1 aliphatic heterocycles. The van der Waals surface area contributed by atoms with Gasteiger partial charge in [0.2, 0.25) is 0 Å². The second kappa shape index (κ2) is 5.58. The van der Waals surface area contributed by atoms with Gasteiger partial charge < -0.3 is 4.90 Å². The van der Waals surface area contributed by atoms with Crippen molar-refractivity contribution in [3.8, 4) is 0 Å². The largest absolute Gasteiger partial charge is 0.333 e. The van der Waals surface area contributed by atoms with Crippen LogP contribution < -0.4 is 4.90 Å². The van der Waals surface area contributed by atoms with Gasteiger partial charge in [0.25, 0.3) is 0 Å². The van der Waals surface area contributed by atoms with Crippen LogP contribution in [0.15, 0.2) is 85.0 Å². The van der Waals surface area contributed by atoms with Crippen molar-refractivity contribution in [2.75, 3.05) is 4.90 Å². The smallest absolute Gasteiger partial charge is 0.0629 e. The van der Waals surface area contributed by atoms with Crippen molar-refractivity contribution in [1.29, 1.82) is 0 Å². The van der Waals surface area contributed by atoms with Crippen LogP contribution in [-0.2, 0) is 0 Å². The van der Waals surface area contributed by atoms with Gasteiger partial charge in [-0.3, -0.25) is 0 Å². The number of benzene rings is 3. The van der Waals surface area contributed by atoms with Crippen molar-refractivity contribution in [2.24, 2.45) is 0 Å². The van der Waals surface area contributed by atoms with Gasteiger partial charge >= 0.3 is 0 Å². The monoisotopic (exact) mass is 365 g/mol. The second-order valence-electron chi connectivity index (χ2n) is 7.50. The fraction of sp³-hybridized carbons (Fsp3) is 0.120. The third kappa shape index (κ3) is 2.17. The Morgan fingerprint density at radius 2 is 1.63 bits per heavy atom. The molecular formula is C25H19NS. The number of aryl methyl sites for hydroxylation is 1. The van der Waals surface area contributed by atoms with E-state index < -0.39 is 0 Å². The Kier molecular flexibility index (Phi) is 3.15. The first-order valence-corrected chi connectivity index (χ1v) is 10.3. The molecule has 2 aliphatic rings. The maximum atomic E-state index is 2.51. The Balaban J connectivity index is 1.65. The Bertz CT molecular complexity index is 1250. The van der Waals surface area contributed by atoms with Gasteiger partial charge in [-0.25, -0.2) is 0 Å². The molecule has 27 heavy (non-hydrogen) atoms. The molecular weight excluding hydrogens is 346 g/mol. The van der Waals surface area contributed by atoms with Crippen molar-refractivity contribution in [3.05, 3.63) is 96.1 Å². The molecule has 3 aromatic carbocycles. The zero-order valence-corrected chi connectivity index (χ0v) is 15.9. The molecule has 0 saturated heterocycles. The van der Waals surface area contributed by atoms with E-state index in [1.807, 2.05) is 11.3 Å². The molecule has 0 spiro atoms. The lowest BCUT2D eigenvalue weighted by molar-refractivity contribution is 0.745. The Morgan fingerprint density at radius 3 is 2.52 bits per heavy atom. The Hall–Kier alpha value is -2.84. The summed E-state index contributed by atoms with van der Waals surface area (Å²) in [5, 5.41) is 2.79. The van der Waals surface area contributed by atoms with Crippen molar-refractivity contribution >= 4 is 42.9 Å². The normalized spacial score (nSPS) is 20.4. The van der Waals surface area contributed by atoms with E-state index in [9.17, 15) is 0 Å². The summed E-state index contributed by atoms with van der Waals surface area (Å²) in [5.41, 5.74) is 5.39. The average Bonchev–Trinajstić information content (AvgIpc) is 3.21. The highest BCUT2D eigenvalue weighted by Crippen LogP contribution is 2.50. The van der Waals surface area contributed by atoms with Gasteiger partial charge in [-0.1, -0.05) is 54.1 Å². The Labute approximate surface area is 162 Å². The molecule has 2 atom stereocenters. The maximum absolute atomic E-state index is 2.51. The lowest BCUT2D eigenvalue weighted by Crippen LogP contribution is -2.28. The van der Waals surface area contributed by atoms with Gasteiger partial charge in [0.1, 0.15) is 0 Å². The van der Waals surface area contributed by atoms with Crippen LogP contribution in [0.5, 0.6) is 0 Å². The summed E-state index contributed by atoms with van der Waals surface area (Å²) in [7, 11) is 0. The Morgan fingerprint density at radius 1 is 0.815 bits per heavy atom. The number of hydrogen-bond acceptors (Lipinski definition) is 2. The average molecular weight is 366 g/mol. The molecule has 2 heterocycles. The predicted molar refractivity (Wildman–Crippen MR) is 117 cm³/mol. The van der Waals surface area contributed by atoms with E-state index in [1.54, 1.807) is 0 Å². The molecule has 130 valence electrons. The first-order valence-electron chi connectivity index (χ1n) is 9.46. The number of fused-ring (bicyclic) bond motifs is 6. The number of nitrogens with zero attached hydrogens (tertiary/aromatic N) is 1. The highest BCUT2D eigenvalue weighted by Gasteiger charge is 2.37. The van der Waals surface area contributed by atoms with Gasteiger partial charge in [0.05, 0.1) is 6.04 Å². The molecule has 0 bridgehead atoms. The van der Waals surface area contributed by atoms with Crippen molar-refractivity contribution in [1.82, 2.24) is 0 Å². The molecule has 2 unspecified atom stereocenters. The van der Waals surface area contributed by atoms with Gasteiger partial charge in [0.15, 0.2) is 0 Å². The van der Waals surface area contributed by atoms with Gasteiger partial charge in [-0.2, -0.15) is 0 Å². The van der Waals surface area contributed by atoms with E-state index in [4.69, 9.17) is 0 Å². The zero-order chi connectivity index (χ0) is 18.0. The summed E-state index contributed by atoms with van der Waals surface area (Å²) in [5.74, 6) is 0.411. The maximum Gasteiger partial charge on any atom is 0.0629 e. The molecule has 1 aromatic heterocycles. The molecule has 0 fully saturated rings. The minimum absolute atomic E-state index is 0.358. The molecule has 4 aromatic rings. The van der Waals surface area contributed by atoms with Crippen LogP contribution in [0.2, 0.25) is 0 Å². The van der Waals surface area contributed by atoms with E-state index in [2.05, 4.69) is 96.8 Å². The molecule has 0 saturated carbocycles. The number of anilines is 2. The van der Waals surface area contributed by atoms with Crippen molar-refractivity contribution in [3.63, 3.8) is 0 Å². The summed E-state index contributed by atoms with van der Waals surface area (Å²) in [4.78, 5) is 2.51. The van der Waals surface area contributed by atoms with Crippen molar-refractivity contribution in [2.45, 2.75) is 18.9 Å². The summed E-state index contributed by atoms with van der Waals surface area (Å²) >= 11 is 1.90.